The van der Waals surface area contributed by atoms with Gasteiger partial charge in [0.05, 0.1) is 6.10 Å². The molecule has 122 valence electrons. The van der Waals surface area contributed by atoms with Gasteiger partial charge in [0.1, 0.15) is 0 Å². The molecule has 0 aromatic heterocycles. The second kappa shape index (κ2) is 6.22. The van der Waals surface area contributed by atoms with Crippen molar-refractivity contribution in [3.63, 3.8) is 0 Å². The summed E-state index contributed by atoms with van der Waals surface area (Å²) in [6.07, 6.45) is 2.69. The van der Waals surface area contributed by atoms with E-state index in [2.05, 4.69) is 43.6 Å². The van der Waals surface area contributed by atoms with Crippen molar-refractivity contribution in [1.29, 1.82) is 0 Å². The molecular formula is C17H27NO3Si. The van der Waals surface area contributed by atoms with Gasteiger partial charge < -0.3 is 13.9 Å². The fourth-order valence-electron chi connectivity index (χ4n) is 3.26. The Labute approximate surface area is 134 Å². The molecule has 0 spiro atoms. The van der Waals surface area contributed by atoms with Crippen LogP contribution in [-0.4, -0.2) is 39.1 Å². The quantitative estimate of drug-likeness (QED) is 0.772. The van der Waals surface area contributed by atoms with E-state index < -0.39 is 8.32 Å². The maximum absolute atomic E-state index is 6.56. The van der Waals surface area contributed by atoms with E-state index in [9.17, 15) is 0 Å². The molecule has 2 heterocycles. The van der Waals surface area contributed by atoms with E-state index in [4.69, 9.17) is 13.9 Å². The minimum atomic E-state index is -1.64. The van der Waals surface area contributed by atoms with Crippen molar-refractivity contribution < 1.29 is 13.9 Å². The van der Waals surface area contributed by atoms with Crippen LogP contribution in [-0.2, 0) is 4.43 Å². The molecule has 2 unspecified atom stereocenters. The Bertz CT molecular complexity index is 523. The Balaban J connectivity index is 1.87. The number of hydrogen-bond acceptors (Lipinski definition) is 4. The van der Waals surface area contributed by atoms with E-state index in [-0.39, 0.29) is 6.10 Å². The Morgan fingerprint density at radius 2 is 1.77 bits per heavy atom. The molecule has 2 aliphatic rings. The summed E-state index contributed by atoms with van der Waals surface area (Å²) in [5.41, 5.74) is 1.20. The lowest BCUT2D eigenvalue weighted by Crippen LogP contribution is -2.40. The lowest BCUT2D eigenvalue weighted by atomic mass is 10.0. The van der Waals surface area contributed by atoms with E-state index in [1.54, 1.807) is 0 Å². The van der Waals surface area contributed by atoms with E-state index >= 15 is 0 Å². The van der Waals surface area contributed by atoms with Gasteiger partial charge in [-0.2, -0.15) is 0 Å². The fraction of sp³-hybridized carbons (Fsp3) is 0.647. The summed E-state index contributed by atoms with van der Waals surface area (Å²) in [4.78, 5) is 2.55. The SMILES string of the molecule is CC(C(O[Si](C)(C)C)c1ccc2c(c1)OCO2)N1CCCC1. The zero-order chi connectivity index (χ0) is 15.7. The van der Waals surface area contributed by atoms with Crippen molar-refractivity contribution in [1.82, 2.24) is 4.90 Å². The normalized spacial score (nSPS) is 21.1. The molecule has 1 aromatic carbocycles. The van der Waals surface area contributed by atoms with Crippen molar-refractivity contribution >= 4 is 8.32 Å². The molecule has 3 rings (SSSR count). The molecule has 1 aromatic rings. The van der Waals surface area contributed by atoms with E-state index in [0.717, 1.165) is 11.5 Å². The molecule has 0 radical (unpaired) electrons. The van der Waals surface area contributed by atoms with Gasteiger partial charge in [0.25, 0.3) is 0 Å². The van der Waals surface area contributed by atoms with Crippen LogP contribution in [0, 0.1) is 0 Å². The van der Waals surface area contributed by atoms with Crippen LogP contribution in [0.2, 0.25) is 19.6 Å². The van der Waals surface area contributed by atoms with Gasteiger partial charge >= 0.3 is 0 Å². The minimum absolute atomic E-state index is 0.0965. The Hall–Kier alpha value is -1.04. The second-order valence-electron chi connectivity index (χ2n) is 7.25. The lowest BCUT2D eigenvalue weighted by Gasteiger charge is -2.36. The lowest BCUT2D eigenvalue weighted by molar-refractivity contribution is 0.0854. The van der Waals surface area contributed by atoms with Gasteiger partial charge in [0.2, 0.25) is 6.79 Å². The molecule has 2 aliphatic heterocycles. The van der Waals surface area contributed by atoms with Crippen molar-refractivity contribution in [2.45, 2.75) is 51.6 Å². The van der Waals surface area contributed by atoms with Gasteiger partial charge in [0, 0.05) is 6.04 Å². The van der Waals surface area contributed by atoms with Gasteiger partial charge in [-0.15, -0.1) is 0 Å². The van der Waals surface area contributed by atoms with E-state index in [1.807, 2.05) is 6.07 Å². The summed E-state index contributed by atoms with van der Waals surface area (Å²) in [7, 11) is -1.64. The zero-order valence-corrected chi connectivity index (χ0v) is 15.1. The zero-order valence-electron chi connectivity index (χ0n) is 14.1. The Kier molecular flexibility index (Phi) is 4.48. The third-order valence-corrected chi connectivity index (χ3v) is 5.32. The Morgan fingerprint density at radius 3 is 2.45 bits per heavy atom. The van der Waals surface area contributed by atoms with Gasteiger partial charge in [-0.1, -0.05) is 6.07 Å². The van der Waals surface area contributed by atoms with Crippen LogP contribution < -0.4 is 9.47 Å². The van der Waals surface area contributed by atoms with Crippen LogP contribution in [0.25, 0.3) is 0 Å². The average Bonchev–Trinajstić information content (AvgIpc) is 3.13. The summed E-state index contributed by atoms with van der Waals surface area (Å²) < 4.78 is 17.5. The Morgan fingerprint density at radius 1 is 1.09 bits per heavy atom. The monoisotopic (exact) mass is 321 g/mol. The van der Waals surface area contributed by atoms with Crippen LogP contribution in [0.1, 0.15) is 31.4 Å². The summed E-state index contributed by atoms with van der Waals surface area (Å²) >= 11 is 0. The highest BCUT2D eigenvalue weighted by atomic mass is 28.4. The molecule has 1 saturated heterocycles. The molecule has 22 heavy (non-hydrogen) atoms. The summed E-state index contributed by atoms with van der Waals surface area (Å²) in [5, 5.41) is 0. The maximum Gasteiger partial charge on any atom is 0.231 e. The summed E-state index contributed by atoms with van der Waals surface area (Å²) in [6.45, 7) is 11.7. The molecule has 0 bridgehead atoms. The first-order valence-electron chi connectivity index (χ1n) is 8.25. The summed E-state index contributed by atoms with van der Waals surface area (Å²) in [6, 6.07) is 6.62. The van der Waals surface area contributed by atoms with Crippen LogP contribution in [0.15, 0.2) is 18.2 Å². The van der Waals surface area contributed by atoms with Crippen LogP contribution in [0.4, 0.5) is 0 Å². The predicted molar refractivity (Wildman–Crippen MR) is 90.0 cm³/mol. The third kappa shape index (κ3) is 3.47. The number of likely N-dealkylation sites (tertiary alicyclic amines) is 1. The first kappa shape index (κ1) is 15.8. The number of fused-ring (bicyclic) bond motifs is 1. The molecule has 0 amide bonds. The van der Waals surface area contributed by atoms with Crippen molar-refractivity contribution in [2.75, 3.05) is 19.9 Å². The molecule has 4 nitrogen and oxygen atoms in total. The molecule has 5 heteroatoms. The number of ether oxygens (including phenoxy) is 2. The van der Waals surface area contributed by atoms with E-state index in [1.165, 1.54) is 31.5 Å². The number of nitrogens with zero attached hydrogens (tertiary/aromatic N) is 1. The molecule has 2 atom stereocenters. The number of hydrogen-bond donors (Lipinski definition) is 0. The number of rotatable bonds is 5. The largest absolute Gasteiger partial charge is 0.454 e. The topological polar surface area (TPSA) is 30.9 Å². The van der Waals surface area contributed by atoms with Gasteiger partial charge in [-0.25, -0.2) is 0 Å². The molecular weight excluding hydrogens is 294 g/mol. The maximum atomic E-state index is 6.56. The minimum Gasteiger partial charge on any atom is -0.454 e. The van der Waals surface area contributed by atoms with Crippen LogP contribution in [0.5, 0.6) is 11.5 Å². The van der Waals surface area contributed by atoms with Gasteiger partial charge in [0.15, 0.2) is 19.8 Å². The van der Waals surface area contributed by atoms with Gasteiger partial charge in [-0.3, -0.25) is 4.90 Å². The fourth-order valence-corrected chi connectivity index (χ4v) is 4.35. The predicted octanol–water partition coefficient (Wildman–Crippen LogP) is 3.79. The first-order chi connectivity index (χ1) is 10.4. The summed E-state index contributed by atoms with van der Waals surface area (Å²) in [5.74, 6) is 1.68. The van der Waals surface area contributed by atoms with Gasteiger partial charge in [-0.05, 0) is 70.2 Å². The second-order valence-corrected chi connectivity index (χ2v) is 11.7. The highest BCUT2D eigenvalue weighted by Gasteiger charge is 2.32. The van der Waals surface area contributed by atoms with E-state index in [0.29, 0.717) is 12.8 Å². The highest BCUT2D eigenvalue weighted by Crippen LogP contribution is 2.38. The highest BCUT2D eigenvalue weighted by molar-refractivity contribution is 6.69. The standard InChI is InChI=1S/C17H27NO3Si/c1-13(18-9-5-6-10-18)17(21-22(2,3)4)14-7-8-15-16(11-14)20-12-19-15/h7-8,11,13,17H,5-6,9-10,12H2,1-4H3. The third-order valence-electron chi connectivity index (χ3n) is 4.36. The smallest absolute Gasteiger partial charge is 0.231 e. The molecule has 1 fully saturated rings. The molecule has 0 saturated carbocycles. The average molecular weight is 321 g/mol. The first-order valence-corrected chi connectivity index (χ1v) is 11.7. The number of benzene rings is 1. The van der Waals surface area contributed by atoms with Crippen molar-refractivity contribution in [3.8, 4) is 11.5 Å². The van der Waals surface area contributed by atoms with Crippen LogP contribution in [0.3, 0.4) is 0 Å². The molecule has 0 N–H and O–H groups in total. The van der Waals surface area contributed by atoms with Crippen molar-refractivity contribution in [2.24, 2.45) is 0 Å². The van der Waals surface area contributed by atoms with Crippen LogP contribution >= 0.6 is 0 Å². The van der Waals surface area contributed by atoms with Crippen molar-refractivity contribution in [3.05, 3.63) is 23.8 Å². The molecule has 0 aliphatic carbocycles.